The molecule has 0 bridgehead atoms. The van der Waals surface area contributed by atoms with E-state index in [0.717, 1.165) is 4.68 Å². The smallest absolute Gasteiger partial charge is 0.453 e. The number of carboxylic acid groups (broad SMARTS) is 1. The van der Waals surface area contributed by atoms with E-state index < -0.39 is 24.0 Å². The third-order valence-corrected chi connectivity index (χ3v) is 3.16. The van der Waals surface area contributed by atoms with Gasteiger partial charge in [0.2, 0.25) is 5.95 Å². The molecule has 0 saturated heterocycles. The SMILES string of the molecule is O=C(O)C1=C[C@H](c2cccc(O)c2)n2nc(C(F)(F)F)nc2N1. The Kier molecular flexibility index (Phi) is 3.24. The molecule has 2 heterocycles. The van der Waals surface area contributed by atoms with E-state index in [1.54, 1.807) is 0 Å². The summed E-state index contributed by atoms with van der Waals surface area (Å²) in [5, 5.41) is 24.3. The maximum atomic E-state index is 12.8. The zero-order valence-corrected chi connectivity index (χ0v) is 11.2. The lowest BCUT2D eigenvalue weighted by Crippen LogP contribution is -2.24. The summed E-state index contributed by atoms with van der Waals surface area (Å²) in [4.78, 5) is 14.5. The first-order valence-electron chi connectivity index (χ1n) is 6.30. The van der Waals surface area contributed by atoms with Gasteiger partial charge in [-0.15, -0.1) is 5.10 Å². The van der Waals surface area contributed by atoms with Gasteiger partial charge in [0.25, 0.3) is 5.82 Å². The molecular formula is C13H9F3N4O3. The number of aromatic nitrogens is 3. The van der Waals surface area contributed by atoms with Crippen molar-refractivity contribution in [1.82, 2.24) is 14.8 Å². The van der Waals surface area contributed by atoms with Crippen LogP contribution in [-0.4, -0.2) is 30.9 Å². The largest absolute Gasteiger partial charge is 0.508 e. The molecular weight excluding hydrogens is 317 g/mol. The van der Waals surface area contributed by atoms with Crippen molar-refractivity contribution in [3.05, 3.63) is 47.4 Å². The number of allylic oxidation sites excluding steroid dienone is 1. The number of benzene rings is 1. The Balaban J connectivity index is 2.14. The summed E-state index contributed by atoms with van der Waals surface area (Å²) in [6.45, 7) is 0. The molecule has 0 amide bonds. The molecule has 0 radical (unpaired) electrons. The van der Waals surface area contributed by atoms with Crippen LogP contribution in [0.4, 0.5) is 19.1 Å². The number of phenols is 1. The second-order valence-corrected chi connectivity index (χ2v) is 4.75. The number of halogens is 3. The van der Waals surface area contributed by atoms with Crippen LogP contribution in [0.2, 0.25) is 0 Å². The summed E-state index contributed by atoms with van der Waals surface area (Å²) in [5.74, 6) is -3.18. The van der Waals surface area contributed by atoms with Crippen molar-refractivity contribution in [2.45, 2.75) is 12.2 Å². The summed E-state index contributed by atoms with van der Waals surface area (Å²) in [6.07, 6.45) is -3.57. The molecule has 1 aromatic carbocycles. The molecule has 0 saturated carbocycles. The molecule has 0 spiro atoms. The molecule has 1 aliphatic heterocycles. The van der Waals surface area contributed by atoms with Crippen molar-refractivity contribution in [2.75, 3.05) is 5.32 Å². The summed E-state index contributed by atoms with van der Waals surface area (Å²) in [6, 6.07) is 4.76. The van der Waals surface area contributed by atoms with Gasteiger partial charge in [-0.2, -0.15) is 18.2 Å². The third-order valence-electron chi connectivity index (χ3n) is 3.16. The first kappa shape index (κ1) is 14.9. The fraction of sp³-hybridized carbons (Fsp3) is 0.154. The summed E-state index contributed by atoms with van der Waals surface area (Å²) < 4.78 is 39.3. The number of hydrogen-bond acceptors (Lipinski definition) is 5. The number of carbonyl (C=O) groups is 1. The van der Waals surface area contributed by atoms with Crippen LogP contribution in [0.15, 0.2) is 36.0 Å². The average Bonchev–Trinajstić information content (AvgIpc) is 2.90. The van der Waals surface area contributed by atoms with Crippen molar-refractivity contribution in [2.24, 2.45) is 0 Å². The number of fused-ring (bicyclic) bond motifs is 1. The highest BCUT2D eigenvalue weighted by atomic mass is 19.4. The van der Waals surface area contributed by atoms with E-state index in [-0.39, 0.29) is 17.4 Å². The van der Waals surface area contributed by atoms with Gasteiger partial charge in [-0.05, 0) is 23.8 Å². The van der Waals surface area contributed by atoms with Gasteiger partial charge < -0.3 is 15.5 Å². The summed E-state index contributed by atoms with van der Waals surface area (Å²) >= 11 is 0. The second kappa shape index (κ2) is 5.00. The molecule has 7 nitrogen and oxygen atoms in total. The number of alkyl halides is 3. The van der Waals surface area contributed by atoms with E-state index >= 15 is 0 Å². The quantitative estimate of drug-likeness (QED) is 0.780. The van der Waals surface area contributed by atoms with Gasteiger partial charge in [0.05, 0.1) is 0 Å². The van der Waals surface area contributed by atoms with E-state index in [2.05, 4.69) is 15.4 Å². The average molecular weight is 326 g/mol. The van der Waals surface area contributed by atoms with Gasteiger partial charge in [-0.25, -0.2) is 9.48 Å². The number of carboxylic acids is 1. The molecule has 3 rings (SSSR count). The lowest BCUT2D eigenvalue weighted by atomic mass is 10.0. The minimum absolute atomic E-state index is 0.107. The Bertz CT molecular complexity index is 813. The van der Waals surface area contributed by atoms with Crippen LogP contribution in [0.25, 0.3) is 0 Å². The first-order valence-corrected chi connectivity index (χ1v) is 6.30. The number of aromatic hydroxyl groups is 1. The van der Waals surface area contributed by atoms with Crippen LogP contribution in [0.3, 0.4) is 0 Å². The van der Waals surface area contributed by atoms with Gasteiger partial charge in [-0.3, -0.25) is 0 Å². The zero-order chi connectivity index (χ0) is 16.8. The Morgan fingerprint density at radius 2 is 2.09 bits per heavy atom. The maximum Gasteiger partial charge on any atom is 0.453 e. The topological polar surface area (TPSA) is 100 Å². The number of hydrogen-bond donors (Lipinski definition) is 3. The predicted octanol–water partition coefficient (Wildman–Crippen LogP) is 1.99. The molecule has 0 aliphatic carbocycles. The molecule has 120 valence electrons. The van der Waals surface area contributed by atoms with Gasteiger partial charge in [0, 0.05) is 0 Å². The van der Waals surface area contributed by atoms with Crippen molar-refractivity contribution in [1.29, 1.82) is 0 Å². The zero-order valence-electron chi connectivity index (χ0n) is 11.2. The molecule has 1 aromatic heterocycles. The van der Waals surface area contributed by atoms with Gasteiger partial charge in [-0.1, -0.05) is 12.1 Å². The summed E-state index contributed by atoms with van der Waals surface area (Å²) in [7, 11) is 0. The van der Waals surface area contributed by atoms with Gasteiger partial charge >= 0.3 is 12.1 Å². The van der Waals surface area contributed by atoms with E-state index in [4.69, 9.17) is 5.11 Å². The van der Waals surface area contributed by atoms with E-state index in [1.165, 1.54) is 30.3 Å². The van der Waals surface area contributed by atoms with Crippen LogP contribution in [-0.2, 0) is 11.0 Å². The Morgan fingerprint density at radius 1 is 1.35 bits per heavy atom. The number of nitrogens with one attached hydrogen (secondary N) is 1. The van der Waals surface area contributed by atoms with Crippen molar-refractivity contribution >= 4 is 11.9 Å². The van der Waals surface area contributed by atoms with Gasteiger partial charge in [0.1, 0.15) is 17.5 Å². The Morgan fingerprint density at radius 3 is 2.70 bits per heavy atom. The lowest BCUT2D eigenvalue weighted by Gasteiger charge is -2.22. The highest BCUT2D eigenvalue weighted by Crippen LogP contribution is 2.34. The fourth-order valence-corrected chi connectivity index (χ4v) is 2.18. The van der Waals surface area contributed by atoms with Crippen molar-refractivity contribution in [3.8, 4) is 5.75 Å². The van der Waals surface area contributed by atoms with Crippen LogP contribution in [0, 0.1) is 0 Å². The van der Waals surface area contributed by atoms with Gasteiger partial charge in [0.15, 0.2) is 0 Å². The molecule has 10 heteroatoms. The Hall–Kier alpha value is -3.04. The standard InChI is InChI=1S/C13H9F3N4O3/c14-13(15,16)11-18-12-17-8(10(22)23)5-9(20(12)19-11)6-2-1-3-7(21)4-6/h1-5,9,21H,(H,22,23)(H,17,18,19)/t9-/m1/s1. The number of aliphatic carboxylic acids is 1. The molecule has 3 N–H and O–H groups in total. The number of nitrogens with zero attached hydrogens (tertiary/aromatic N) is 3. The molecule has 0 unspecified atom stereocenters. The van der Waals surface area contributed by atoms with E-state index in [0.29, 0.717) is 5.56 Å². The van der Waals surface area contributed by atoms with Crippen LogP contribution >= 0.6 is 0 Å². The normalized spacial score (nSPS) is 17.2. The van der Waals surface area contributed by atoms with Crippen molar-refractivity contribution < 1.29 is 28.2 Å². The minimum Gasteiger partial charge on any atom is -0.508 e. The Labute approximate surface area is 126 Å². The molecule has 2 aromatic rings. The number of phenolic OH excluding ortho intramolecular Hbond substituents is 1. The monoisotopic (exact) mass is 326 g/mol. The van der Waals surface area contributed by atoms with Crippen LogP contribution in [0.5, 0.6) is 5.75 Å². The number of rotatable bonds is 2. The maximum absolute atomic E-state index is 12.8. The second-order valence-electron chi connectivity index (χ2n) is 4.75. The molecule has 0 fully saturated rings. The molecule has 1 atom stereocenters. The lowest BCUT2D eigenvalue weighted by molar-refractivity contribution is -0.145. The number of anilines is 1. The minimum atomic E-state index is -4.77. The van der Waals surface area contributed by atoms with E-state index in [1.807, 2.05) is 0 Å². The predicted molar refractivity (Wildman–Crippen MR) is 70.6 cm³/mol. The third kappa shape index (κ3) is 2.70. The molecule has 1 aliphatic rings. The van der Waals surface area contributed by atoms with E-state index in [9.17, 15) is 23.1 Å². The molecule has 23 heavy (non-hydrogen) atoms. The van der Waals surface area contributed by atoms with Crippen LogP contribution < -0.4 is 5.32 Å². The fourth-order valence-electron chi connectivity index (χ4n) is 2.18. The summed E-state index contributed by atoms with van der Waals surface area (Å²) in [5.41, 5.74) is 0.0390. The first-order chi connectivity index (χ1) is 10.8. The highest BCUT2D eigenvalue weighted by molar-refractivity contribution is 5.90. The van der Waals surface area contributed by atoms with Crippen molar-refractivity contribution in [3.63, 3.8) is 0 Å². The van der Waals surface area contributed by atoms with Crippen LogP contribution in [0.1, 0.15) is 17.4 Å². The highest BCUT2D eigenvalue weighted by Gasteiger charge is 2.39.